The number of nitrogens with zero attached hydrogens (tertiary/aromatic N) is 1. The lowest BCUT2D eigenvalue weighted by Crippen LogP contribution is -2.58. The van der Waals surface area contributed by atoms with Gasteiger partial charge in [-0.2, -0.15) is 0 Å². The summed E-state index contributed by atoms with van der Waals surface area (Å²) in [6.07, 6.45) is 7.37. The van der Waals surface area contributed by atoms with Gasteiger partial charge in [0.2, 0.25) is 21.8 Å². The summed E-state index contributed by atoms with van der Waals surface area (Å²) >= 11 is 1.34. The fraction of sp³-hybridized carbons (Fsp3) is 0.571. The Morgan fingerprint density at radius 1 is 1.04 bits per heavy atom. The van der Waals surface area contributed by atoms with E-state index in [1.807, 2.05) is 36.4 Å². The van der Waals surface area contributed by atoms with Crippen LogP contribution in [-0.4, -0.2) is 84.1 Å². The maximum atomic E-state index is 14.3. The molecule has 2 aromatic rings. The molecular weight excluding hydrogens is 683 g/mol. The van der Waals surface area contributed by atoms with Crippen molar-refractivity contribution in [2.24, 2.45) is 5.92 Å². The first-order chi connectivity index (χ1) is 23.6. The Bertz CT molecular complexity index is 1780. The molecule has 13 nitrogen and oxygen atoms in total. The lowest BCUT2D eigenvalue weighted by atomic mass is 10.0. The molecule has 0 unspecified atom stereocenters. The quantitative estimate of drug-likeness (QED) is 0.327. The smallest absolute Gasteiger partial charge is 0.408 e. The van der Waals surface area contributed by atoms with E-state index in [0.717, 1.165) is 22.9 Å². The van der Waals surface area contributed by atoms with E-state index in [1.54, 1.807) is 26.8 Å². The normalized spacial score (nSPS) is 28.3. The third kappa shape index (κ3) is 8.14. The van der Waals surface area contributed by atoms with E-state index in [-0.39, 0.29) is 25.3 Å². The Morgan fingerprint density at radius 2 is 1.80 bits per heavy atom. The van der Waals surface area contributed by atoms with Gasteiger partial charge in [-0.25, -0.2) is 13.2 Å². The molecule has 50 heavy (non-hydrogen) atoms. The number of benzene rings is 1. The lowest BCUT2D eigenvalue weighted by Gasteiger charge is -2.30. The Morgan fingerprint density at radius 3 is 2.52 bits per heavy atom. The molecular formula is C35H45N5O8S2. The highest BCUT2D eigenvalue weighted by Crippen LogP contribution is 2.46. The van der Waals surface area contributed by atoms with Crippen LogP contribution in [0.1, 0.15) is 88.2 Å². The van der Waals surface area contributed by atoms with E-state index in [1.165, 1.54) is 16.2 Å². The van der Waals surface area contributed by atoms with Crippen LogP contribution in [0.3, 0.4) is 0 Å². The van der Waals surface area contributed by atoms with Crippen LogP contribution in [0.2, 0.25) is 0 Å². The zero-order valence-electron chi connectivity index (χ0n) is 28.5. The van der Waals surface area contributed by atoms with Gasteiger partial charge in [0.1, 0.15) is 23.2 Å². The van der Waals surface area contributed by atoms with Crippen molar-refractivity contribution in [2.45, 2.75) is 113 Å². The minimum atomic E-state index is -3.89. The molecule has 15 heteroatoms. The van der Waals surface area contributed by atoms with Gasteiger partial charge in [-0.05, 0) is 83.2 Å². The van der Waals surface area contributed by atoms with Crippen molar-refractivity contribution in [1.29, 1.82) is 0 Å². The maximum Gasteiger partial charge on any atom is 0.408 e. The van der Waals surface area contributed by atoms with Crippen molar-refractivity contribution in [2.75, 3.05) is 6.54 Å². The summed E-state index contributed by atoms with van der Waals surface area (Å²) in [7, 11) is -3.89. The molecule has 2 saturated carbocycles. The molecule has 5 atom stereocenters. The summed E-state index contributed by atoms with van der Waals surface area (Å²) in [4.78, 5) is 70.2. The van der Waals surface area contributed by atoms with E-state index in [0.29, 0.717) is 37.0 Å². The van der Waals surface area contributed by atoms with Crippen LogP contribution in [-0.2, 0) is 29.1 Å². The van der Waals surface area contributed by atoms with Crippen LogP contribution >= 0.6 is 11.3 Å². The molecule has 0 radical (unpaired) electrons. The zero-order chi connectivity index (χ0) is 35.8. The SMILES string of the molecule is CC(C)(C)OC(=O)N[C@H]1CCCCC/C=C\[C@@H]2C[C@@]2(C(=O)NS(=O)(=O)C2CC2)NC(=O)[C@@H]2C[C@@H](NC(=O)c3cc4ccccc4s3)CN2C1=O. The number of allylic oxidation sites excluding steroid dienone is 1. The molecule has 4 N–H and O–H groups in total. The monoisotopic (exact) mass is 727 g/mol. The summed E-state index contributed by atoms with van der Waals surface area (Å²) in [6, 6.07) is 6.67. The van der Waals surface area contributed by atoms with Gasteiger partial charge in [0.15, 0.2) is 0 Å². The summed E-state index contributed by atoms with van der Waals surface area (Å²) in [5.74, 6) is -2.72. The molecule has 1 aromatic carbocycles. The number of nitrogens with one attached hydrogen (secondary N) is 4. The number of sulfonamides is 1. The lowest BCUT2D eigenvalue weighted by molar-refractivity contribution is -0.141. The first kappa shape index (κ1) is 35.8. The second kappa shape index (κ2) is 14.0. The molecule has 3 heterocycles. The second-order valence-corrected chi connectivity index (χ2v) is 17.8. The molecule has 0 bridgehead atoms. The van der Waals surface area contributed by atoms with Crippen molar-refractivity contribution in [3.05, 3.63) is 47.4 Å². The third-order valence-corrected chi connectivity index (χ3v) is 12.5. The van der Waals surface area contributed by atoms with E-state index < -0.39 is 74.3 Å². The minimum Gasteiger partial charge on any atom is -0.444 e. The fourth-order valence-corrected chi connectivity index (χ4v) is 9.03. The molecule has 2 aliphatic carbocycles. The Hall–Kier alpha value is -3.98. The number of amides is 5. The predicted molar refractivity (Wildman–Crippen MR) is 188 cm³/mol. The maximum absolute atomic E-state index is 14.3. The fourth-order valence-electron chi connectivity index (χ4n) is 6.71. The predicted octanol–water partition coefficient (Wildman–Crippen LogP) is 3.50. The van der Waals surface area contributed by atoms with Crippen molar-refractivity contribution < 1.29 is 37.1 Å². The van der Waals surface area contributed by atoms with E-state index in [9.17, 15) is 32.4 Å². The topological polar surface area (TPSA) is 180 Å². The van der Waals surface area contributed by atoms with Crippen LogP contribution in [0.15, 0.2) is 42.5 Å². The summed E-state index contributed by atoms with van der Waals surface area (Å²) < 4.78 is 34.1. The molecule has 2 aliphatic heterocycles. The molecule has 1 saturated heterocycles. The first-order valence-corrected chi connectivity index (χ1v) is 19.7. The molecule has 1 aromatic heterocycles. The number of fused-ring (bicyclic) bond motifs is 3. The van der Waals surface area contributed by atoms with E-state index in [2.05, 4.69) is 20.7 Å². The van der Waals surface area contributed by atoms with Gasteiger partial charge >= 0.3 is 6.09 Å². The number of carbonyl (C=O) groups is 5. The molecule has 3 fully saturated rings. The third-order valence-electron chi connectivity index (χ3n) is 9.56. The standard InChI is InChI=1S/C35H45N5O8S2/c1-34(2,3)48-33(45)37-25-13-8-6-4-5-7-12-22-19-35(22,32(44)39-50(46,47)24-15-16-24)38-29(41)26-18-23(20-40(26)31(25)43)36-30(42)28-17-21-11-9-10-14-27(21)49-28/h7,9-12,14,17,22-26H,4-6,8,13,15-16,18-20H2,1-3H3,(H,36,42)(H,37,45)(H,38,41)(H,39,44)/b12-7-/t22-,23-,25+,26+,35-/m1/s1. The number of hydrogen-bond acceptors (Lipinski definition) is 9. The molecule has 6 rings (SSSR count). The average Bonchev–Trinajstić information content (AvgIpc) is 3.92. The number of thiophene rings is 1. The van der Waals surface area contributed by atoms with Crippen LogP contribution in [0.5, 0.6) is 0 Å². The van der Waals surface area contributed by atoms with Gasteiger partial charge in [-0.15, -0.1) is 11.3 Å². The summed E-state index contributed by atoms with van der Waals surface area (Å²) in [6.45, 7) is 5.14. The van der Waals surface area contributed by atoms with Crippen LogP contribution < -0.4 is 20.7 Å². The largest absolute Gasteiger partial charge is 0.444 e. The minimum absolute atomic E-state index is 0.0152. The number of hydrogen-bond donors (Lipinski definition) is 4. The van der Waals surface area contributed by atoms with Gasteiger partial charge in [0.05, 0.1) is 10.1 Å². The van der Waals surface area contributed by atoms with Gasteiger partial charge in [-0.1, -0.05) is 43.2 Å². The first-order valence-electron chi connectivity index (χ1n) is 17.3. The molecule has 5 amide bonds. The van der Waals surface area contributed by atoms with Crippen molar-refractivity contribution in [3.63, 3.8) is 0 Å². The number of ether oxygens (including phenoxy) is 1. The van der Waals surface area contributed by atoms with Gasteiger partial charge < -0.3 is 25.6 Å². The van der Waals surface area contributed by atoms with Gasteiger partial charge in [0.25, 0.3) is 11.8 Å². The van der Waals surface area contributed by atoms with Crippen molar-refractivity contribution >= 4 is 61.2 Å². The Labute approximate surface area is 296 Å². The van der Waals surface area contributed by atoms with Gasteiger partial charge in [0, 0.05) is 23.2 Å². The summed E-state index contributed by atoms with van der Waals surface area (Å²) in [5, 5.41) is 8.83. The number of alkyl carbamates (subject to hydrolysis) is 1. The zero-order valence-corrected chi connectivity index (χ0v) is 30.2. The van der Waals surface area contributed by atoms with E-state index >= 15 is 0 Å². The Kier molecular flexibility index (Phi) is 10.0. The van der Waals surface area contributed by atoms with Crippen molar-refractivity contribution in [1.82, 2.24) is 25.6 Å². The highest BCUT2D eigenvalue weighted by Gasteiger charge is 2.62. The van der Waals surface area contributed by atoms with Crippen LogP contribution in [0, 0.1) is 5.92 Å². The molecule has 0 spiro atoms. The number of carbonyl (C=O) groups excluding carboxylic acids is 5. The highest BCUT2D eigenvalue weighted by atomic mass is 32.2. The summed E-state index contributed by atoms with van der Waals surface area (Å²) in [5.41, 5.74) is -2.31. The van der Waals surface area contributed by atoms with Crippen LogP contribution in [0.4, 0.5) is 4.79 Å². The highest BCUT2D eigenvalue weighted by molar-refractivity contribution is 7.91. The average molecular weight is 728 g/mol. The van der Waals surface area contributed by atoms with E-state index in [4.69, 9.17) is 4.74 Å². The second-order valence-electron chi connectivity index (χ2n) is 14.8. The molecule has 270 valence electrons. The van der Waals surface area contributed by atoms with Crippen molar-refractivity contribution in [3.8, 4) is 0 Å². The van der Waals surface area contributed by atoms with Gasteiger partial charge in [-0.3, -0.25) is 23.9 Å². The Balaban J connectivity index is 1.27. The molecule has 4 aliphatic rings. The number of rotatable bonds is 6. The van der Waals surface area contributed by atoms with Crippen LogP contribution in [0.25, 0.3) is 10.1 Å².